The summed E-state index contributed by atoms with van der Waals surface area (Å²) < 4.78 is 1.55. The molecule has 1 saturated heterocycles. The highest BCUT2D eigenvalue weighted by atomic mass is 35.5. The lowest BCUT2D eigenvalue weighted by Gasteiger charge is -2.30. The van der Waals surface area contributed by atoms with Gasteiger partial charge < -0.3 is 10.2 Å². The van der Waals surface area contributed by atoms with Gasteiger partial charge in [-0.25, -0.2) is 4.68 Å². The van der Waals surface area contributed by atoms with Gasteiger partial charge in [0.15, 0.2) is 0 Å². The van der Waals surface area contributed by atoms with Crippen LogP contribution in [0.15, 0.2) is 11.0 Å². The standard InChI is InChI=1S/C14H21ClN4O/c1-18-6-2-3-11(9-18)17-13-12(15)7-16-19(14(13)20)8-10-4-5-10/h7,10-11,17H,2-6,8-9H2,1H3. The Balaban J connectivity index is 1.78. The molecule has 2 fully saturated rings. The molecule has 1 aliphatic heterocycles. The Bertz CT molecular complexity index is 540. The summed E-state index contributed by atoms with van der Waals surface area (Å²) in [5.41, 5.74) is 0.431. The Morgan fingerprint density at radius 1 is 1.45 bits per heavy atom. The van der Waals surface area contributed by atoms with Crippen LogP contribution in [0.25, 0.3) is 0 Å². The highest BCUT2D eigenvalue weighted by Gasteiger charge is 2.24. The third kappa shape index (κ3) is 3.15. The van der Waals surface area contributed by atoms with E-state index in [9.17, 15) is 4.79 Å². The van der Waals surface area contributed by atoms with E-state index in [2.05, 4.69) is 22.4 Å². The highest BCUT2D eigenvalue weighted by Crippen LogP contribution is 2.30. The maximum Gasteiger partial charge on any atom is 0.291 e. The molecule has 6 heteroatoms. The molecule has 0 spiro atoms. The summed E-state index contributed by atoms with van der Waals surface area (Å²) in [6.45, 7) is 2.78. The number of piperidine rings is 1. The highest BCUT2D eigenvalue weighted by molar-refractivity contribution is 6.33. The molecule has 110 valence electrons. The predicted molar refractivity (Wildman–Crippen MR) is 80.4 cm³/mol. The van der Waals surface area contributed by atoms with E-state index in [1.165, 1.54) is 12.8 Å². The Morgan fingerprint density at radius 3 is 2.95 bits per heavy atom. The Labute approximate surface area is 123 Å². The van der Waals surface area contributed by atoms with Crippen LogP contribution in [0.2, 0.25) is 5.02 Å². The van der Waals surface area contributed by atoms with Gasteiger partial charge in [0.25, 0.3) is 5.56 Å². The van der Waals surface area contributed by atoms with Crippen molar-refractivity contribution in [2.75, 3.05) is 25.5 Å². The molecule has 1 saturated carbocycles. The number of aromatic nitrogens is 2. The molecule has 1 aromatic heterocycles. The van der Waals surface area contributed by atoms with Crippen LogP contribution in [-0.2, 0) is 6.54 Å². The predicted octanol–water partition coefficient (Wildman–Crippen LogP) is 1.81. The number of anilines is 1. The third-order valence-electron chi connectivity index (χ3n) is 4.10. The minimum absolute atomic E-state index is 0.0855. The molecule has 1 atom stereocenters. The largest absolute Gasteiger partial charge is 0.375 e. The Hall–Kier alpha value is -1.07. The summed E-state index contributed by atoms with van der Waals surface area (Å²) in [5.74, 6) is 0.620. The van der Waals surface area contributed by atoms with Crippen molar-refractivity contribution in [1.29, 1.82) is 0 Å². The van der Waals surface area contributed by atoms with E-state index < -0.39 is 0 Å². The molecule has 2 aliphatic rings. The van der Waals surface area contributed by atoms with Crippen LogP contribution in [0, 0.1) is 5.92 Å². The van der Waals surface area contributed by atoms with Crippen LogP contribution in [0.1, 0.15) is 25.7 Å². The van der Waals surface area contributed by atoms with Crippen molar-refractivity contribution in [3.05, 3.63) is 21.6 Å². The van der Waals surface area contributed by atoms with E-state index in [-0.39, 0.29) is 11.6 Å². The fraction of sp³-hybridized carbons (Fsp3) is 0.714. The van der Waals surface area contributed by atoms with Gasteiger partial charge in [0.05, 0.1) is 11.2 Å². The molecular weight excluding hydrogens is 276 g/mol. The van der Waals surface area contributed by atoms with E-state index in [0.717, 1.165) is 32.5 Å². The van der Waals surface area contributed by atoms with E-state index in [4.69, 9.17) is 11.6 Å². The minimum atomic E-state index is -0.0855. The van der Waals surface area contributed by atoms with Crippen LogP contribution in [0.5, 0.6) is 0 Å². The number of halogens is 1. The molecule has 5 nitrogen and oxygen atoms in total. The van der Waals surface area contributed by atoms with E-state index >= 15 is 0 Å². The fourth-order valence-corrected chi connectivity index (χ4v) is 2.94. The Morgan fingerprint density at radius 2 is 2.25 bits per heavy atom. The molecule has 3 rings (SSSR count). The first-order valence-electron chi connectivity index (χ1n) is 7.34. The molecular formula is C14H21ClN4O. The van der Waals surface area contributed by atoms with Crippen LogP contribution in [-0.4, -0.2) is 40.9 Å². The van der Waals surface area contributed by atoms with Gasteiger partial charge in [0.2, 0.25) is 0 Å². The molecule has 1 N–H and O–H groups in total. The van der Waals surface area contributed by atoms with Gasteiger partial charge in [0.1, 0.15) is 5.69 Å². The average Bonchev–Trinajstić information content (AvgIpc) is 3.22. The number of hydrogen-bond donors (Lipinski definition) is 1. The number of likely N-dealkylation sites (tertiary alicyclic amines) is 1. The second kappa shape index (κ2) is 5.74. The smallest absolute Gasteiger partial charge is 0.291 e. The number of nitrogens with one attached hydrogen (secondary N) is 1. The number of hydrogen-bond acceptors (Lipinski definition) is 4. The maximum atomic E-state index is 12.4. The molecule has 0 radical (unpaired) electrons. The summed E-state index contributed by atoms with van der Waals surface area (Å²) >= 11 is 6.16. The first-order chi connectivity index (χ1) is 9.63. The summed E-state index contributed by atoms with van der Waals surface area (Å²) in [5, 5.41) is 7.91. The molecule has 1 aromatic rings. The van der Waals surface area contributed by atoms with Crippen molar-refractivity contribution < 1.29 is 0 Å². The fourth-order valence-electron chi connectivity index (χ4n) is 2.76. The van der Waals surface area contributed by atoms with Crippen molar-refractivity contribution >= 4 is 17.3 Å². The normalized spacial score (nSPS) is 23.8. The van der Waals surface area contributed by atoms with Crippen molar-refractivity contribution in [3.63, 3.8) is 0 Å². The first kappa shape index (κ1) is 13.9. The first-order valence-corrected chi connectivity index (χ1v) is 7.72. The monoisotopic (exact) mass is 296 g/mol. The summed E-state index contributed by atoms with van der Waals surface area (Å²) in [6, 6.07) is 0.288. The van der Waals surface area contributed by atoms with E-state index in [1.54, 1.807) is 10.9 Å². The number of likely N-dealkylation sites (N-methyl/N-ethyl adjacent to an activating group) is 1. The quantitative estimate of drug-likeness (QED) is 0.921. The second-order valence-corrected chi connectivity index (χ2v) is 6.45. The topological polar surface area (TPSA) is 50.2 Å². The zero-order valence-electron chi connectivity index (χ0n) is 11.8. The summed E-state index contributed by atoms with van der Waals surface area (Å²) in [4.78, 5) is 14.7. The van der Waals surface area contributed by atoms with Gasteiger partial charge in [-0.05, 0) is 45.2 Å². The minimum Gasteiger partial charge on any atom is -0.375 e. The summed E-state index contributed by atoms with van der Waals surface area (Å²) in [6.07, 6.45) is 6.21. The lowest BCUT2D eigenvalue weighted by molar-refractivity contribution is 0.261. The van der Waals surface area contributed by atoms with Crippen LogP contribution in [0.4, 0.5) is 5.69 Å². The maximum absolute atomic E-state index is 12.4. The second-order valence-electron chi connectivity index (χ2n) is 6.04. The number of nitrogens with zero attached hydrogens (tertiary/aromatic N) is 3. The van der Waals surface area contributed by atoms with Crippen LogP contribution < -0.4 is 10.9 Å². The zero-order chi connectivity index (χ0) is 14.1. The van der Waals surface area contributed by atoms with Gasteiger partial charge in [-0.15, -0.1) is 0 Å². The summed E-state index contributed by atoms with van der Waals surface area (Å²) in [7, 11) is 2.10. The average molecular weight is 297 g/mol. The molecule has 2 heterocycles. The van der Waals surface area contributed by atoms with Gasteiger partial charge in [-0.2, -0.15) is 5.10 Å². The van der Waals surface area contributed by atoms with Crippen LogP contribution in [0.3, 0.4) is 0 Å². The van der Waals surface area contributed by atoms with Crippen molar-refractivity contribution in [2.24, 2.45) is 5.92 Å². The van der Waals surface area contributed by atoms with Crippen molar-refractivity contribution in [1.82, 2.24) is 14.7 Å². The zero-order valence-corrected chi connectivity index (χ0v) is 12.6. The van der Waals surface area contributed by atoms with Gasteiger partial charge in [-0.1, -0.05) is 11.6 Å². The number of rotatable bonds is 4. The molecule has 0 amide bonds. The SMILES string of the molecule is CN1CCCC(Nc2c(Cl)cnn(CC3CC3)c2=O)C1. The van der Waals surface area contributed by atoms with Crippen molar-refractivity contribution in [2.45, 2.75) is 38.3 Å². The van der Waals surface area contributed by atoms with Gasteiger partial charge in [-0.3, -0.25) is 4.79 Å². The lowest BCUT2D eigenvalue weighted by Crippen LogP contribution is -2.41. The van der Waals surface area contributed by atoms with Gasteiger partial charge >= 0.3 is 0 Å². The molecule has 1 unspecified atom stereocenters. The van der Waals surface area contributed by atoms with E-state index in [0.29, 0.717) is 16.6 Å². The molecule has 0 bridgehead atoms. The van der Waals surface area contributed by atoms with Gasteiger partial charge in [0, 0.05) is 19.1 Å². The van der Waals surface area contributed by atoms with E-state index in [1.807, 2.05) is 0 Å². The molecule has 20 heavy (non-hydrogen) atoms. The molecule has 0 aromatic carbocycles. The van der Waals surface area contributed by atoms with Crippen molar-refractivity contribution in [3.8, 4) is 0 Å². The molecule has 1 aliphatic carbocycles. The lowest BCUT2D eigenvalue weighted by atomic mass is 10.1. The Kier molecular flexibility index (Phi) is 3.98. The third-order valence-corrected chi connectivity index (χ3v) is 4.39. The van der Waals surface area contributed by atoms with Crippen LogP contribution >= 0.6 is 11.6 Å².